The highest BCUT2D eigenvalue weighted by atomic mass is 16.3. The molecule has 0 aromatic carbocycles. The van der Waals surface area contributed by atoms with Crippen molar-refractivity contribution in [3.63, 3.8) is 0 Å². The zero-order valence-corrected chi connectivity index (χ0v) is 9.35. The molecule has 0 spiro atoms. The van der Waals surface area contributed by atoms with Gasteiger partial charge >= 0.3 is 0 Å². The van der Waals surface area contributed by atoms with Crippen LogP contribution in [0.2, 0.25) is 0 Å². The van der Waals surface area contributed by atoms with Gasteiger partial charge in [-0.2, -0.15) is 0 Å². The average Bonchev–Trinajstić information content (AvgIpc) is 2.19. The Morgan fingerprint density at radius 2 is 2.13 bits per heavy atom. The first-order valence-electron chi connectivity index (χ1n) is 5.12. The van der Waals surface area contributed by atoms with Crippen LogP contribution in [-0.4, -0.2) is 48.3 Å². The fourth-order valence-electron chi connectivity index (χ4n) is 1.52. The molecule has 0 saturated heterocycles. The molecule has 1 unspecified atom stereocenters. The number of nitrogens with one attached hydrogen (secondary N) is 1. The van der Waals surface area contributed by atoms with Crippen molar-refractivity contribution in [2.75, 3.05) is 27.2 Å². The molecule has 0 saturated carbocycles. The number of aliphatic hydroxyl groups is 1. The third-order valence-corrected chi connectivity index (χ3v) is 2.16. The second kappa shape index (κ2) is 6.50. The molecule has 1 heterocycles. The summed E-state index contributed by atoms with van der Waals surface area (Å²) in [7, 11) is 3.84. The Hall–Kier alpha value is -0.970. The zero-order chi connectivity index (χ0) is 11.1. The summed E-state index contributed by atoms with van der Waals surface area (Å²) in [6.07, 6.45) is 3.25. The first kappa shape index (κ1) is 12.1. The number of aromatic nitrogens is 1. The molecule has 1 aromatic rings. The summed E-state index contributed by atoms with van der Waals surface area (Å²) in [5.74, 6) is 0. The molecule has 1 rings (SSSR count). The van der Waals surface area contributed by atoms with Gasteiger partial charge in [-0.1, -0.05) is 0 Å². The maximum Gasteiger partial charge on any atom is 0.0791 e. The average molecular weight is 209 g/mol. The monoisotopic (exact) mass is 209 g/mol. The van der Waals surface area contributed by atoms with Crippen LogP contribution in [0, 0.1) is 0 Å². The summed E-state index contributed by atoms with van der Waals surface area (Å²) in [5, 5.41) is 12.5. The first-order chi connectivity index (χ1) is 7.22. The van der Waals surface area contributed by atoms with E-state index < -0.39 is 0 Å². The molecule has 15 heavy (non-hydrogen) atoms. The van der Waals surface area contributed by atoms with E-state index in [1.807, 2.05) is 26.2 Å². The number of likely N-dealkylation sites (N-methyl/N-ethyl adjacent to an activating group) is 2. The molecule has 0 radical (unpaired) electrons. The molecule has 4 heteroatoms. The molecule has 2 N–H and O–H groups in total. The van der Waals surface area contributed by atoms with E-state index in [2.05, 4.69) is 15.2 Å². The predicted octanol–water partition coefficient (Wildman–Crippen LogP) is 0.0937. The molecule has 0 aliphatic heterocycles. The topological polar surface area (TPSA) is 48.4 Å². The van der Waals surface area contributed by atoms with Gasteiger partial charge in [0.1, 0.15) is 0 Å². The number of nitrogens with zero attached hydrogens (tertiary/aromatic N) is 2. The van der Waals surface area contributed by atoms with Gasteiger partial charge in [0, 0.05) is 32.0 Å². The van der Waals surface area contributed by atoms with E-state index in [9.17, 15) is 5.11 Å². The van der Waals surface area contributed by atoms with E-state index in [1.165, 1.54) is 5.56 Å². The Kier molecular flexibility index (Phi) is 5.25. The summed E-state index contributed by atoms with van der Waals surface area (Å²) in [6.45, 7) is 2.13. The normalized spacial score (nSPS) is 13.1. The number of hydrogen-bond donors (Lipinski definition) is 2. The second-order valence-electron chi connectivity index (χ2n) is 3.76. The van der Waals surface area contributed by atoms with Gasteiger partial charge in [0.05, 0.1) is 6.10 Å². The molecule has 1 atom stereocenters. The lowest BCUT2D eigenvalue weighted by Crippen LogP contribution is -2.35. The van der Waals surface area contributed by atoms with Crippen LogP contribution in [0.1, 0.15) is 5.56 Å². The van der Waals surface area contributed by atoms with Crippen molar-refractivity contribution in [3.05, 3.63) is 30.1 Å². The highest BCUT2D eigenvalue weighted by Crippen LogP contribution is 2.01. The predicted molar refractivity (Wildman–Crippen MR) is 60.5 cm³/mol. The molecule has 0 fully saturated rings. The highest BCUT2D eigenvalue weighted by Gasteiger charge is 2.07. The lowest BCUT2D eigenvalue weighted by molar-refractivity contribution is 0.123. The van der Waals surface area contributed by atoms with Crippen LogP contribution in [0.3, 0.4) is 0 Å². The van der Waals surface area contributed by atoms with Crippen LogP contribution < -0.4 is 5.32 Å². The van der Waals surface area contributed by atoms with Gasteiger partial charge in [-0.25, -0.2) is 0 Å². The fraction of sp³-hybridized carbons (Fsp3) is 0.545. The zero-order valence-electron chi connectivity index (χ0n) is 9.35. The summed E-state index contributed by atoms with van der Waals surface area (Å²) >= 11 is 0. The van der Waals surface area contributed by atoms with E-state index in [0.29, 0.717) is 13.1 Å². The summed E-state index contributed by atoms with van der Waals surface area (Å²) in [5.41, 5.74) is 1.21. The van der Waals surface area contributed by atoms with Crippen LogP contribution in [0.15, 0.2) is 24.5 Å². The van der Waals surface area contributed by atoms with Crippen molar-refractivity contribution in [2.45, 2.75) is 12.6 Å². The van der Waals surface area contributed by atoms with Gasteiger partial charge in [-0.05, 0) is 31.8 Å². The quantitative estimate of drug-likeness (QED) is 0.697. The van der Waals surface area contributed by atoms with Crippen molar-refractivity contribution in [3.8, 4) is 0 Å². The first-order valence-corrected chi connectivity index (χ1v) is 5.12. The van der Waals surface area contributed by atoms with Gasteiger partial charge in [0.25, 0.3) is 0 Å². The molecule has 0 amide bonds. The Bertz CT molecular complexity index is 266. The number of rotatable bonds is 6. The molecule has 0 aliphatic rings. The van der Waals surface area contributed by atoms with Gasteiger partial charge in [-0.3, -0.25) is 9.88 Å². The minimum atomic E-state index is -0.318. The highest BCUT2D eigenvalue weighted by molar-refractivity contribution is 5.09. The summed E-state index contributed by atoms with van der Waals surface area (Å²) in [4.78, 5) is 6.06. The Labute approximate surface area is 90.9 Å². The SMILES string of the molecule is CNCC(O)CN(C)Cc1ccncc1. The van der Waals surface area contributed by atoms with Crippen molar-refractivity contribution < 1.29 is 5.11 Å². The minimum Gasteiger partial charge on any atom is -0.390 e. The number of aliphatic hydroxyl groups excluding tert-OH is 1. The molecule has 4 nitrogen and oxygen atoms in total. The van der Waals surface area contributed by atoms with Gasteiger partial charge in [0.15, 0.2) is 0 Å². The van der Waals surface area contributed by atoms with E-state index >= 15 is 0 Å². The Balaban J connectivity index is 2.33. The van der Waals surface area contributed by atoms with E-state index in [4.69, 9.17) is 0 Å². The van der Waals surface area contributed by atoms with Crippen molar-refractivity contribution in [1.82, 2.24) is 15.2 Å². The van der Waals surface area contributed by atoms with Crippen molar-refractivity contribution in [1.29, 1.82) is 0 Å². The second-order valence-corrected chi connectivity index (χ2v) is 3.76. The lowest BCUT2D eigenvalue weighted by Gasteiger charge is -2.20. The molecule has 0 aliphatic carbocycles. The van der Waals surface area contributed by atoms with Crippen LogP contribution in [0.5, 0.6) is 0 Å². The molecule has 0 bridgehead atoms. The molecule has 1 aromatic heterocycles. The largest absolute Gasteiger partial charge is 0.390 e. The van der Waals surface area contributed by atoms with Crippen molar-refractivity contribution >= 4 is 0 Å². The maximum absolute atomic E-state index is 9.58. The van der Waals surface area contributed by atoms with Crippen LogP contribution >= 0.6 is 0 Å². The van der Waals surface area contributed by atoms with E-state index in [1.54, 1.807) is 12.4 Å². The Morgan fingerprint density at radius 3 is 2.73 bits per heavy atom. The van der Waals surface area contributed by atoms with Gasteiger partial charge < -0.3 is 10.4 Å². The van der Waals surface area contributed by atoms with Gasteiger partial charge in [0.2, 0.25) is 0 Å². The lowest BCUT2D eigenvalue weighted by atomic mass is 10.2. The fourth-order valence-corrected chi connectivity index (χ4v) is 1.52. The molecular formula is C11H19N3O. The molecular weight excluding hydrogens is 190 g/mol. The van der Waals surface area contributed by atoms with Gasteiger partial charge in [-0.15, -0.1) is 0 Å². The Morgan fingerprint density at radius 1 is 1.47 bits per heavy atom. The van der Waals surface area contributed by atoms with Crippen molar-refractivity contribution in [2.24, 2.45) is 0 Å². The van der Waals surface area contributed by atoms with Crippen LogP contribution in [-0.2, 0) is 6.54 Å². The number of pyridine rings is 1. The number of hydrogen-bond acceptors (Lipinski definition) is 4. The third kappa shape index (κ3) is 4.88. The van der Waals surface area contributed by atoms with E-state index in [-0.39, 0.29) is 6.10 Å². The minimum absolute atomic E-state index is 0.318. The third-order valence-electron chi connectivity index (χ3n) is 2.16. The smallest absolute Gasteiger partial charge is 0.0791 e. The maximum atomic E-state index is 9.58. The molecule has 84 valence electrons. The van der Waals surface area contributed by atoms with Crippen LogP contribution in [0.25, 0.3) is 0 Å². The van der Waals surface area contributed by atoms with Crippen LogP contribution in [0.4, 0.5) is 0 Å². The standard InChI is InChI=1S/C11H19N3O/c1-12-7-11(15)9-14(2)8-10-3-5-13-6-4-10/h3-6,11-12,15H,7-9H2,1-2H3. The summed E-state index contributed by atoms with van der Waals surface area (Å²) in [6, 6.07) is 3.97. The van der Waals surface area contributed by atoms with E-state index in [0.717, 1.165) is 6.54 Å². The summed E-state index contributed by atoms with van der Waals surface area (Å²) < 4.78 is 0.